The van der Waals surface area contributed by atoms with Gasteiger partial charge in [-0.2, -0.15) is 0 Å². The van der Waals surface area contributed by atoms with Crippen LogP contribution in [0.1, 0.15) is 69.7 Å². The Morgan fingerprint density at radius 1 is 0.576 bits per heavy atom. The highest BCUT2D eigenvalue weighted by Gasteiger charge is 2.27. The Labute approximate surface area is 355 Å². The van der Waals surface area contributed by atoms with E-state index in [1.54, 1.807) is 6.07 Å². The van der Waals surface area contributed by atoms with Crippen molar-refractivity contribution < 1.29 is 24.0 Å². The molecule has 0 aliphatic heterocycles. The molecule has 0 spiro atoms. The number of hydrogen-bond acceptors (Lipinski definition) is 6. The summed E-state index contributed by atoms with van der Waals surface area (Å²) >= 11 is 5.98. The number of carbonyl (C=O) groups excluding carboxylic acids is 5. The molecule has 10 nitrogen and oxygen atoms in total. The molecular formula is C48H62ClN5O5. The first-order chi connectivity index (χ1) is 28.1. The summed E-state index contributed by atoms with van der Waals surface area (Å²) < 4.78 is 0. The molecule has 0 fully saturated rings. The average Bonchev–Trinajstić information content (AvgIpc) is 3.20. The first-order valence-corrected chi connectivity index (χ1v) is 20.8. The molecule has 0 aliphatic carbocycles. The fourth-order valence-corrected chi connectivity index (χ4v) is 6.57. The third-order valence-corrected chi connectivity index (χ3v) is 9.95. The minimum absolute atomic E-state index is 0.000884. The largest absolute Gasteiger partial charge is 0.378 e. The second kappa shape index (κ2) is 25.1. The molecule has 0 heterocycles. The Kier molecular flexibility index (Phi) is 20.4. The molecule has 0 aliphatic rings. The highest BCUT2D eigenvalue weighted by Crippen LogP contribution is 2.15. The maximum atomic E-state index is 12.8. The fourth-order valence-electron chi connectivity index (χ4n) is 6.36. The van der Waals surface area contributed by atoms with E-state index in [2.05, 4.69) is 21.3 Å². The summed E-state index contributed by atoms with van der Waals surface area (Å²) in [6, 6.07) is 33.2. The van der Waals surface area contributed by atoms with Gasteiger partial charge in [-0.3, -0.25) is 19.2 Å². The van der Waals surface area contributed by atoms with Crippen molar-refractivity contribution in [3.05, 3.63) is 136 Å². The number of carbonyl (C=O) groups is 5. The van der Waals surface area contributed by atoms with Crippen molar-refractivity contribution in [3.8, 4) is 0 Å². The average molecular weight is 825 g/mol. The third kappa shape index (κ3) is 17.9. The van der Waals surface area contributed by atoms with Crippen LogP contribution in [-0.2, 0) is 49.7 Å². The highest BCUT2D eigenvalue weighted by molar-refractivity contribution is 6.30. The van der Waals surface area contributed by atoms with Gasteiger partial charge in [-0.1, -0.05) is 124 Å². The molecule has 4 atom stereocenters. The molecule has 4 aromatic carbocycles. The molecule has 0 radical (unpaired) electrons. The summed E-state index contributed by atoms with van der Waals surface area (Å²) in [5.74, 6) is -0.909. The van der Waals surface area contributed by atoms with Crippen LogP contribution in [0.4, 0.5) is 5.69 Å². The zero-order chi connectivity index (χ0) is 43.3. The second-order valence-electron chi connectivity index (χ2n) is 15.8. The van der Waals surface area contributed by atoms with Crippen LogP contribution in [0.15, 0.2) is 109 Å². The van der Waals surface area contributed by atoms with Gasteiger partial charge in [-0.15, -0.1) is 0 Å². The van der Waals surface area contributed by atoms with E-state index in [4.69, 9.17) is 11.6 Å². The number of amides is 4. The molecule has 4 N–H and O–H groups in total. The van der Waals surface area contributed by atoms with E-state index in [-0.39, 0.29) is 41.5 Å². The summed E-state index contributed by atoms with van der Waals surface area (Å²) in [7, 11) is 3.96. The molecule has 0 saturated carbocycles. The lowest BCUT2D eigenvalue weighted by Gasteiger charge is -2.24. The van der Waals surface area contributed by atoms with Gasteiger partial charge in [0.25, 0.3) is 0 Å². The number of halogens is 1. The fraction of sp³-hybridized carbons (Fsp3) is 0.396. The minimum Gasteiger partial charge on any atom is -0.378 e. The lowest BCUT2D eigenvalue weighted by molar-refractivity contribution is -0.131. The second-order valence-corrected chi connectivity index (χ2v) is 16.2. The highest BCUT2D eigenvalue weighted by atomic mass is 35.5. The number of nitrogens with one attached hydrogen (secondary N) is 4. The van der Waals surface area contributed by atoms with Gasteiger partial charge in [-0.25, -0.2) is 0 Å². The molecule has 0 aromatic heterocycles. The Morgan fingerprint density at radius 3 is 1.53 bits per heavy atom. The van der Waals surface area contributed by atoms with Crippen LogP contribution in [-0.4, -0.2) is 68.2 Å². The van der Waals surface area contributed by atoms with Gasteiger partial charge in [0.1, 0.15) is 18.4 Å². The van der Waals surface area contributed by atoms with E-state index in [9.17, 15) is 24.0 Å². The summed E-state index contributed by atoms with van der Waals surface area (Å²) in [5, 5.41) is 12.2. The van der Waals surface area contributed by atoms with Crippen molar-refractivity contribution in [1.29, 1.82) is 0 Å². The molecule has 4 rings (SSSR count). The number of anilines is 1. The lowest BCUT2D eigenvalue weighted by Crippen LogP contribution is -2.52. The van der Waals surface area contributed by atoms with Crippen LogP contribution in [0.2, 0.25) is 5.02 Å². The zero-order valence-corrected chi connectivity index (χ0v) is 36.3. The minimum atomic E-state index is -0.693. The van der Waals surface area contributed by atoms with Crippen molar-refractivity contribution in [1.82, 2.24) is 21.3 Å². The number of benzene rings is 4. The van der Waals surface area contributed by atoms with E-state index < -0.39 is 18.1 Å². The topological polar surface area (TPSA) is 137 Å². The van der Waals surface area contributed by atoms with E-state index >= 15 is 0 Å². The van der Waals surface area contributed by atoms with Gasteiger partial charge in [-0.05, 0) is 91.0 Å². The number of nitrogens with zero attached hydrogens (tertiary/aromatic N) is 1. The van der Waals surface area contributed by atoms with Crippen molar-refractivity contribution in [2.75, 3.05) is 19.0 Å². The predicted octanol–water partition coefficient (Wildman–Crippen LogP) is 6.91. The summed E-state index contributed by atoms with van der Waals surface area (Å²) in [5.41, 5.74) is 5.30. The van der Waals surface area contributed by atoms with Crippen LogP contribution >= 0.6 is 11.6 Å². The van der Waals surface area contributed by atoms with Crippen LogP contribution in [0.25, 0.3) is 0 Å². The van der Waals surface area contributed by atoms with Gasteiger partial charge >= 0.3 is 0 Å². The molecule has 0 saturated heterocycles. The number of aryl methyl sites for hydroxylation is 2. The molecule has 11 heteroatoms. The Morgan fingerprint density at radius 2 is 1.05 bits per heavy atom. The Balaban J connectivity index is 0.000000317. The number of aldehydes is 1. The van der Waals surface area contributed by atoms with Crippen molar-refractivity contribution in [2.24, 2.45) is 11.8 Å². The van der Waals surface area contributed by atoms with E-state index in [0.29, 0.717) is 37.1 Å². The van der Waals surface area contributed by atoms with Crippen LogP contribution in [0, 0.1) is 11.8 Å². The summed E-state index contributed by atoms with van der Waals surface area (Å²) in [4.78, 5) is 63.8. The molecule has 59 heavy (non-hydrogen) atoms. The van der Waals surface area contributed by atoms with Crippen molar-refractivity contribution in [2.45, 2.75) is 97.3 Å². The number of hydrogen-bond donors (Lipinski definition) is 4. The monoisotopic (exact) mass is 823 g/mol. The standard InChI is InChI=1S/C25H33N3O3.C23H29ClN2O2/c1-18(2)24(25(31)26-21(17-29)16-20-8-6-5-7-9-20)27-23(30)15-12-19-10-13-22(14-11-19)28(3)4;1-16(2)22(23(28)25-17(3)14-18-8-5-4-6-9-18)26-21(27)13-12-19-10-7-11-20(24)15-19/h5-11,13-14,17-18,21,24H,12,15-16H2,1-4H3,(H,26,31)(H,27,30);4-11,15-17,22H,12-14H2,1-3H3,(H,25,28)(H,26,27). The van der Waals surface area contributed by atoms with Gasteiger partial charge in [0.2, 0.25) is 23.6 Å². The van der Waals surface area contributed by atoms with Gasteiger partial charge < -0.3 is 31.0 Å². The molecule has 4 aromatic rings. The molecular weight excluding hydrogens is 762 g/mol. The lowest BCUT2D eigenvalue weighted by atomic mass is 10.0. The van der Waals surface area contributed by atoms with E-state index in [0.717, 1.165) is 35.1 Å². The Bertz CT molecular complexity index is 1900. The third-order valence-electron chi connectivity index (χ3n) is 9.72. The van der Waals surface area contributed by atoms with Gasteiger partial charge in [0.05, 0.1) is 6.04 Å². The van der Waals surface area contributed by atoms with Gasteiger partial charge in [0.15, 0.2) is 0 Å². The number of rotatable bonds is 20. The molecule has 4 unspecified atom stereocenters. The Hall–Kier alpha value is -5.48. The first kappa shape index (κ1) is 47.9. The summed E-state index contributed by atoms with van der Waals surface area (Å²) in [6.07, 6.45) is 3.69. The predicted molar refractivity (Wildman–Crippen MR) is 238 cm³/mol. The summed E-state index contributed by atoms with van der Waals surface area (Å²) in [6.45, 7) is 9.59. The van der Waals surface area contributed by atoms with Crippen LogP contribution in [0.5, 0.6) is 0 Å². The van der Waals surface area contributed by atoms with Crippen LogP contribution < -0.4 is 26.2 Å². The van der Waals surface area contributed by atoms with E-state index in [1.807, 2.05) is 157 Å². The molecule has 4 amide bonds. The maximum Gasteiger partial charge on any atom is 0.243 e. The van der Waals surface area contributed by atoms with Crippen molar-refractivity contribution in [3.63, 3.8) is 0 Å². The maximum absolute atomic E-state index is 12.8. The van der Waals surface area contributed by atoms with Crippen molar-refractivity contribution >= 4 is 47.2 Å². The zero-order valence-electron chi connectivity index (χ0n) is 35.5. The molecule has 316 valence electrons. The molecule has 0 bridgehead atoms. The van der Waals surface area contributed by atoms with Crippen LogP contribution in [0.3, 0.4) is 0 Å². The normalized spacial score (nSPS) is 12.8. The van der Waals surface area contributed by atoms with E-state index in [1.165, 1.54) is 5.56 Å². The SMILES string of the molecule is CC(C)C(NC(=O)CCc1ccc(N(C)C)cc1)C(=O)NC(C=O)Cc1ccccc1.CC(Cc1ccccc1)NC(=O)C(NC(=O)CCc1cccc(Cl)c1)C(C)C. The quantitative estimate of drug-likeness (QED) is 0.0716. The van der Waals surface area contributed by atoms with Gasteiger partial charge in [0, 0.05) is 43.7 Å². The first-order valence-electron chi connectivity index (χ1n) is 20.4. The smallest absolute Gasteiger partial charge is 0.243 e.